The van der Waals surface area contributed by atoms with Crippen molar-refractivity contribution in [3.63, 3.8) is 0 Å². The molecule has 1 amide bonds. The Balaban J connectivity index is 2.51. The number of aromatic nitrogens is 2. The maximum Gasteiger partial charge on any atom is 0.331 e. The molecule has 1 heterocycles. The number of rotatable bonds is 3. The molecule has 0 radical (unpaired) electrons. The average molecular weight is 243 g/mol. The number of nitrogens with zero attached hydrogens (tertiary/aromatic N) is 2. The van der Waals surface area contributed by atoms with Crippen LogP contribution in [0.1, 0.15) is 13.3 Å². The van der Waals surface area contributed by atoms with E-state index in [1.54, 1.807) is 6.92 Å². The normalized spacial score (nSPS) is 9.71. The van der Waals surface area contributed by atoms with Gasteiger partial charge in [-0.2, -0.15) is 10.6 Å². The predicted molar refractivity (Wildman–Crippen MR) is 55.3 cm³/mol. The second-order valence-electron chi connectivity index (χ2n) is 3.05. The fourth-order valence-corrected chi connectivity index (χ4v) is 0.949. The molecule has 1 aromatic rings. The van der Waals surface area contributed by atoms with Crippen LogP contribution in [0, 0.1) is 10.4 Å². The van der Waals surface area contributed by atoms with Crippen LogP contribution in [0.15, 0.2) is 12.3 Å². The van der Waals surface area contributed by atoms with E-state index >= 15 is 0 Å². The smallest absolute Gasteiger partial charge is 0.331 e. The topological polar surface area (TPSA) is 125 Å². The highest BCUT2D eigenvalue weighted by molar-refractivity contribution is 5.77. The average Bonchev–Trinajstić information content (AvgIpc) is 2.74. The Morgan fingerprint density at radius 1 is 1.59 bits per heavy atom. The molecule has 0 saturated carbocycles. The molecule has 0 spiro atoms. The van der Waals surface area contributed by atoms with Gasteiger partial charge in [0.2, 0.25) is 0 Å². The number of carbonyl (C=O) groups is 2. The molecule has 17 heavy (non-hydrogen) atoms. The zero-order chi connectivity index (χ0) is 12.8. The summed E-state index contributed by atoms with van der Waals surface area (Å²) in [4.78, 5) is 25.7. The fourth-order valence-electron chi connectivity index (χ4n) is 0.949. The van der Waals surface area contributed by atoms with E-state index in [2.05, 4.69) is 9.94 Å². The van der Waals surface area contributed by atoms with Crippen molar-refractivity contribution in [1.29, 1.82) is 0 Å². The molecule has 9 nitrogen and oxygen atoms in total. The molecule has 0 aliphatic heterocycles. The third-order valence-corrected chi connectivity index (χ3v) is 1.75. The highest BCUT2D eigenvalue weighted by Crippen LogP contribution is 1.83. The number of hydroxylamine groups is 1. The van der Waals surface area contributed by atoms with E-state index in [0.717, 1.165) is 0 Å². The second-order valence-corrected chi connectivity index (χ2v) is 3.05. The number of carbonyl (C=O) groups excluding carboxylic acids is 2. The first-order chi connectivity index (χ1) is 8.02. The van der Waals surface area contributed by atoms with E-state index in [1.807, 2.05) is 5.48 Å². The summed E-state index contributed by atoms with van der Waals surface area (Å²) in [6.07, 6.45) is 1.47. The predicted octanol–water partition coefficient (Wildman–Crippen LogP) is -1.43. The number of amides is 1. The SMILES string of the molecule is CCC(=O)ONC(=O)Cn1ccc(=[N+]([O-])[O-])[nH]1. The van der Waals surface area contributed by atoms with Gasteiger partial charge in [0.15, 0.2) is 0 Å². The van der Waals surface area contributed by atoms with Crippen LogP contribution >= 0.6 is 0 Å². The zero-order valence-corrected chi connectivity index (χ0v) is 9.00. The van der Waals surface area contributed by atoms with Crippen molar-refractivity contribution < 1.29 is 14.4 Å². The summed E-state index contributed by atoms with van der Waals surface area (Å²) in [5.41, 5.74) is 1.69. The quantitative estimate of drug-likeness (QED) is 0.629. The fraction of sp³-hybridized carbons (Fsp3) is 0.375. The van der Waals surface area contributed by atoms with E-state index in [-0.39, 0.29) is 18.5 Å². The van der Waals surface area contributed by atoms with Crippen molar-refractivity contribution in [2.24, 2.45) is 0 Å². The van der Waals surface area contributed by atoms with Gasteiger partial charge in [-0.15, -0.1) is 0 Å². The lowest BCUT2D eigenvalue weighted by Gasteiger charge is -2.07. The van der Waals surface area contributed by atoms with E-state index < -0.39 is 16.8 Å². The van der Waals surface area contributed by atoms with Crippen LogP contribution in [-0.4, -0.2) is 21.7 Å². The van der Waals surface area contributed by atoms with Gasteiger partial charge in [-0.05, 0) is 0 Å². The van der Waals surface area contributed by atoms with E-state index in [0.29, 0.717) is 0 Å². The molecule has 0 bridgehead atoms. The summed E-state index contributed by atoms with van der Waals surface area (Å²) >= 11 is 0. The maximum atomic E-state index is 11.2. The van der Waals surface area contributed by atoms with Crippen LogP contribution in [0.2, 0.25) is 0 Å². The van der Waals surface area contributed by atoms with E-state index in [1.165, 1.54) is 16.9 Å². The first-order valence-corrected chi connectivity index (χ1v) is 4.74. The molecule has 2 N–H and O–H groups in total. The highest BCUT2D eigenvalue weighted by Gasteiger charge is 2.07. The standard InChI is InChI=1S/C8H11N4O5/c1-2-8(14)17-10-7(13)5-11-4-3-6(9-11)12(15)16/h3-4,9H,2,5H2,1H3,(H-,10,13,15,16)/q-1. The van der Waals surface area contributed by atoms with Crippen molar-refractivity contribution in [2.75, 3.05) is 0 Å². The van der Waals surface area contributed by atoms with Gasteiger partial charge < -0.3 is 15.3 Å². The van der Waals surface area contributed by atoms with Gasteiger partial charge in [-0.25, -0.2) is 9.48 Å². The molecule has 9 heteroatoms. The Bertz CT molecular complexity index is 470. The van der Waals surface area contributed by atoms with Gasteiger partial charge in [-0.3, -0.25) is 9.70 Å². The van der Waals surface area contributed by atoms with Crippen molar-refractivity contribution in [2.45, 2.75) is 19.9 Å². The molecule has 0 atom stereocenters. The zero-order valence-electron chi connectivity index (χ0n) is 9.00. The monoisotopic (exact) mass is 243 g/mol. The van der Waals surface area contributed by atoms with Crippen molar-refractivity contribution in [1.82, 2.24) is 20.2 Å². The molecule has 0 saturated heterocycles. The molecule has 0 fully saturated rings. The van der Waals surface area contributed by atoms with Gasteiger partial charge in [0, 0.05) is 12.5 Å². The third-order valence-electron chi connectivity index (χ3n) is 1.75. The number of nitrogens with one attached hydrogen (secondary N) is 2. The minimum absolute atomic E-state index is 0.140. The molecule has 0 aromatic carbocycles. The first-order valence-electron chi connectivity index (χ1n) is 4.74. The minimum atomic E-state index is -0.620. The number of H-pyrrole nitrogens is 1. The largest absolute Gasteiger partial charge is 0.712 e. The van der Waals surface area contributed by atoms with Crippen molar-refractivity contribution >= 4 is 11.9 Å². The summed E-state index contributed by atoms with van der Waals surface area (Å²) in [5.74, 6) is -1.17. The Morgan fingerprint density at radius 3 is 2.82 bits per heavy atom. The third kappa shape index (κ3) is 3.89. The summed E-state index contributed by atoms with van der Waals surface area (Å²) < 4.78 is 1.19. The summed E-state index contributed by atoms with van der Waals surface area (Å²) in [6, 6.07) is 1.21. The summed E-state index contributed by atoms with van der Waals surface area (Å²) in [6.45, 7) is 1.36. The van der Waals surface area contributed by atoms with Gasteiger partial charge in [-0.1, -0.05) is 6.92 Å². The van der Waals surface area contributed by atoms with E-state index in [4.69, 9.17) is 0 Å². The van der Waals surface area contributed by atoms with Crippen LogP contribution in [0.3, 0.4) is 0 Å². The lowest BCUT2D eigenvalue weighted by atomic mass is 10.5. The van der Waals surface area contributed by atoms with Crippen LogP contribution < -0.4 is 15.9 Å². The number of hydrogen-bond acceptors (Lipinski definition) is 5. The van der Waals surface area contributed by atoms with Gasteiger partial charge in [0.25, 0.3) is 5.91 Å². The Morgan fingerprint density at radius 2 is 2.29 bits per heavy atom. The number of aromatic amines is 1. The molecule has 1 rings (SSSR count). The summed E-state index contributed by atoms with van der Waals surface area (Å²) in [5, 5.41) is 23.1. The van der Waals surface area contributed by atoms with Gasteiger partial charge in [0.1, 0.15) is 6.54 Å². The molecular weight excluding hydrogens is 232 g/mol. The van der Waals surface area contributed by atoms with Crippen molar-refractivity contribution in [3.8, 4) is 0 Å². The molecule has 0 unspecified atom stereocenters. The van der Waals surface area contributed by atoms with Crippen LogP contribution in [0.4, 0.5) is 0 Å². The molecule has 0 aliphatic rings. The Kier molecular flexibility index (Phi) is 4.14. The van der Waals surface area contributed by atoms with Crippen molar-refractivity contribution in [3.05, 3.63) is 28.2 Å². The van der Waals surface area contributed by atoms with Crippen LogP contribution in [0.25, 0.3) is 0 Å². The van der Waals surface area contributed by atoms with E-state index in [9.17, 15) is 20.0 Å². The van der Waals surface area contributed by atoms with Gasteiger partial charge in [0.05, 0.1) is 6.20 Å². The Hall–Kier alpha value is -2.45. The number of hydrogen-bond donors (Lipinski definition) is 2. The lowest BCUT2D eigenvalue weighted by Crippen LogP contribution is -2.31. The van der Waals surface area contributed by atoms with Crippen LogP contribution in [-0.2, 0) is 21.0 Å². The van der Waals surface area contributed by atoms with Crippen LogP contribution in [0.5, 0.6) is 0 Å². The lowest BCUT2D eigenvalue weighted by molar-refractivity contribution is -0.158. The second kappa shape index (κ2) is 5.58. The minimum Gasteiger partial charge on any atom is -0.712 e. The first kappa shape index (κ1) is 12.6. The molecule has 94 valence electrons. The maximum absolute atomic E-state index is 11.2. The Labute approximate surface area is 95.4 Å². The molecular formula is C8H11N4O5-. The molecule has 0 aliphatic carbocycles. The summed E-state index contributed by atoms with van der Waals surface area (Å²) in [7, 11) is 0. The highest BCUT2D eigenvalue weighted by atomic mass is 16.8. The van der Waals surface area contributed by atoms with Gasteiger partial charge >= 0.3 is 11.5 Å². The molecule has 1 aromatic heterocycles.